The van der Waals surface area contributed by atoms with Crippen molar-refractivity contribution in [3.8, 4) is 5.75 Å². The molecular formula is C17H20N4O2S. The van der Waals surface area contributed by atoms with Gasteiger partial charge in [0.25, 0.3) is 5.91 Å². The lowest BCUT2D eigenvalue weighted by molar-refractivity contribution is 0.0953. The fourth-order valence-corrected chi connectivity index (χ4v) is 3.54. The smallest absolute Gasteiger partial charge is 0.262 e. The van der Waals surface area contributed by atoms with Crippen LogP contribution in [0.25, 0.3) is 10.1 Å². The molecule has 6 nitrogen and oxygen atoms in total. The van der Waals surface area contributed by atoms with E-state index in [1.54, 1.807) is 7.11 Å². The predicted octanol–water partition coefficient (Wildman–Crippen LogP) is 3.39. The van der Waals surface area contributed by atoms with Gasteiger partial charge in [-0.15, -0.1) is 11.3 Å². The number of nitrogens with zero attached hydrogens (tertiary/aromatic N) is 2. The van der Waals surface area contributed by atoms with Crippen LogP contribution in [0.4, 0.5) is 0 Å². The molecule has 7 heteroatoms. The van der Waals surface area contributed by atoms with Crippen LogP contribution in [0.2, 0.25) is 0 Å². The molecule has 2 aromatic heterocycles. The molecule has 0 unspecified atom stereocenters. The van der Waals surface area contributed by atoms with Crippen LogP contribution in [0.1, 0.15) is 46.6 Å². The number of carbonyl (C=O) groups excluding carboxylic acids is 1. The highest BCUT2D eigenvalue weighted by Gasteiger charge is 2.16. The molecule has 0 aliphatic heterocycles. The van der Waals surface area contributed by atoms with E-state index < -0.39 is 0 Å². The number of methoxy groups -OCH3 is 1. The average Bonchev–Trinajstić information content (AvgIpc) is 3.17. The summed E-state index contributed by atoms with van der Waals surface area (Å²) in [5, 5.41) is 11.0. The van der Waals surface area contributed by atoms with Gasteiger partial charge >= 0.3 is 0 Å². The fraction of sp³-hybridized carbons (Fsp3) is 0.353. The summed E-state index contributed by atoms with van der Waals surface area (Å²) in [5.41, 5.74) is 0.965. The summed E-state index contributed by atoms with van der Waals surface area (Å²) in [7, 11) is 1.64. The molecule has 0 radical (unpaired) electrons. The lowest BCUT2D eigenvalue weighted by Crippen LogP contribution is -2.23. The Kier molecular flexibility index (Phi) is 4.53. The van der Waals surface area contributed by atoms with E-state index in [9.17, 15) is 4.79 Å². The summed E-state index contributed by atoms with van der Waals surface area (Å²) in [5.74, 6) is 2.36. The molecule has 0 spiro atoms. The van der Waals surface area contributed by atoms with Crippen molar-refractivity contribution in [1.82, 2.24) is 20.5 Å². The Bertz CT molecular complexity index is 882. The third kappa shape index (κ3) is 3.12. The first kappa shape index (κ1) is 16.4. The molecule has 0 aliphatic carbocycles. The fourth-order valence-electron chi connectivity index (χ4n) is 2.44. The monoisotopic (exact) mass is 344 g/mol. The summed E-state index contributed by atoms with van der Waals surface area (Å²) in [6.45, 7) is 6.34. The molecule has 2 N–H and O–H groups in total. The number of H-pyrrole nitrogens is 1. The average molecular weight is 344 g/mol. The number of hydrogen-bond donors (Lipinski definition) is 2. The third-order valence-corrected chi connectivity index (χ3v) is 5.10. The zero-order valence-electron chi connectivity index (χ0n) is 14.1. The van der Waals surface area contributed by atoms with Crippen molar-refractivity contribution in [2.75, 3.05) is 7.11 Å². The van der Waals surface area contributed by atoms with Gasteiger partial charge in [-0.3, -0.25) is 9.89 Å². The van der Waals surface area contributed by atoms with Crippen molar-refractivity contribution in [2.24, 2.45) is 0 Å². The molecule has 3 aromatic rings. The summed E-state index contributed by atoms with van der Waals surface area (Å²) < 4.78 is 6.33. The maximum atomic E-state index is 12.5. The molecule has 1 aromatic carbocycles. The first-order valence-corrected chi connectivity index (χ1v) is 8.57. The Morgan fingerprint density at radius 3 is 2.88 bits per heavy atom. The Morgan fingerprint density at radius 2 is 2.21 bits per heavy atom. The third-order valence-electron chi connectivity index (χ3n) is 3.83. The maximum Gasteiger partial charge on any atom is 0.262 e. The molecule has 3 rings (SSSR count). The number of nitrogens with one attached hydrogen (secondary N) is 2. The lowest BCUT2D eigenvalue weighted by Gasteiger charge is -2.02. The quantitative estimate of drug-likeness (QED) is 0.743. The summed E-state index contributed by atoms with van der Waals surface area (Å²) in [6, 6.07) is 5.85. The highest BCUT2D eigenvalue weighted by atomic mass is 32.1. The van der Waals surface area contributed by atoms with Crippen LogP contribution in [0.3, 0.4) is 0 Å². The van der Waals surface area contributed by atoms with E-state index in [0.717, 1.165) is 27.2 Å². The molecule has 24 heavy (non-hydrogen) atoms. The van der Waals surface area contributed by atoms with Crippen molar-refractivity contribution in [3.05, 3.63) is 40.3 Å². The number of fused-ring (bicyclic) bond motifs is 1. The van der Waals surface area contributed by atoms with Crippen LogP contribution in [0.5, 0.6) is 5.75 Å². The summed E-state index contributed by atoms with van der Waals surface area (Å²) in [4.78, 5) is 17.6. The minimum Gasteiger partial charge on any atom is -0.497 e. The lowest BCUT2D eigenvalue weighted by atomic mass is 10.1. The molecule has 0 bridgehead atoms. The van der Waals surface area contributed by atoms with E-state index in [2.05, 4.69) is 20.5 Å². The second-order valence-corrected chi connectivity index (χ2v) is 6.95. The van der Waals surface area contributed by atoms with Gasteiger partial charge in [0, 0.05) is 10.6 Å². The molecule has 0 aliphatic rings. The number of carbonyl (C=O) groups is 1. The molecule has 0 saturated carbocycles. The summed E-state index contributed by atoms with van der Waals surface area (Å²) in [6.07, 6.45) is 0. The molecule has 0 atom stereocenters. The van der Waals surface area contributed by atoms with Gasteiger partial charge in [0.05, 0.1) is 18.5 Å². The van der Waals surface area contributed by atoms with Crippen LogP contribution in [0, 0.1) is 6.92 Å². The minimum atomic E-state index is -0.102. The summed E-state index contributed by atoms with van der Waals surface area (Å²) >= 11 is 1.48. The largest absolute Gasteiger partial charge is 0.497 e. The molecular weight excluding hydrogens is 324 g/mol. The zero-order valence-corrected chi connectivity index (χ0v) is 15.0. The molecule has 0 fully saturated rings. The predicted molar refractivity (Wildman–Crippen MR) is 94.8 cm³/mol. The number of aryl methyl sites for hydroxylation is 1. The Morgan fingerprint density at radius 1 is 1.42 bits per heavy atom. The van der Waals surface area contributed by atoms with Gasteiger partial charge < -0.3 is 10.1 Å². The van der Waals surface area contributed by atoms with Gasteiger partial charge in [0.1, 0.15) is 11.6 Å². The second-order valence-electron chi connectivity index (χ2n) is 5.90. The van der Waals surface area contributed by atoms with Gasteiger partial charge in [-0.05, 0) is 36.1 Å². The molecule has 0 saturated heterocycles. The van der Waals surface area contributed by atoms with E-state index >= 15 is 0 Å². The van der Waals surface area contributed by atoms with Crippen LogP contribution < -0.4 is 10.1 Å². The Hall–Kier alpha value is -2.41. The number of aromatic amines is 1. The number of rotatable bonds is 5. The van der Waals surface area contributed by atoms with E-state index in [1.165, 1.54) is 11.3 Å². The van der Waals surface area contributed by atoms with E-state index in [4.69, 9.17) is 4.74 Å². The van der Waals surface area contributed by atoms with E-state index in [1.807, 2.05) is 39.0 Å². The first-order chi connectivity index (χ1) is 11.5. The zero-order chi connectivity index (χ0) is 17.3. The Labute approximate surface area is 144 Å². The van der Waals surface area contributed by atoms with Crippen molar-refractivity contribution >= 4 is 27.3 Å². The van der Waals surface area contributed by atoms with Crippen LogP contribution in [0.15, 0.2) is 18.2 Å². The molecule has 2 heterocycles. The van der Waals surface area contributed by atoms with Gasteiger partial charge in [0.15, 0.2) is 5.82 Å². The number of amides is 1. The molecule has 1 amide bonds. The van der Waals surface area contributed by atoms with Crippen molar-refractivity contribution in [2.45, 2.75) is 33.2 Å². The van der Waals surface area contributed by atoms with Crippen LogP contribution in [-0.4, -0.2) is 28.2 Å². The number of benzene rings is 1. The van der Waals surface area contributed by atoms with Crippen molar-refractivity contribution in [1.29, 1.82) is 0 Å². The van der Waals surface area contributed by atoms with Crippen LogP contribution in [-0.2, 0) is 6.54 Å². The maximum absolute atomic E-state index is 12.5. The molecule has 126 valence electrons. The SMILES string of the molecule is COc1ccc2sc(C(=O)NCc3nc(C(C)C)n[nH]3)c(C)c2c1. The van der Waals surface area contributed by atoms with Gasteiger partial charge in [-0.25, -0.2) is 4.98 Å². The van der Waals surface area contributed by atoms with Crippen molar-refractivity contribution < 1.29 is 9.53 Å². The second kappa shape index (κ2) is 6.60. The number of ether oxygens (including phenoxy) is 1. The minimum absolute atomic E-state index is 0.102. The van der Waals surface area contributed by atoms with E-state index in [-0.39, 0.29) is 11.8 Å². The number of thiophene rings is 1. The Balaban J connectivity index is 1.77. The van der Waals surface area contributed by atoms with E-state index in [0.29, 0.717) is 17.2 Å². The number of hydrogen-bond acceptors (Lipinski definition) is 5. The topological polar surface area (TPSA) is 79.9 Å². The highest BCUT2D eigenvalue weighted by Crippen LogP contribution is 2.33. The number of aromatic nitrogens is 3. The van der Waals surface area contributed by atoms with Crippen LogP contribution >= 0.6 is 11.3 Å². The standard InChI is InChI=1S/C17H20N4O2S/c1-9(2)16-19-14(20-21-16)8-18-17(22)15-10(3)12-7-11(23-4)5-6-13(12)24-15/h5-7,9H,8H2,1-4H3,(H,18,22)(H,19,20,21). The highest BCUT2D eigenvalue weighted by molar-refractivity contribution is 7.21. The first-order valence-electron chi connectivity index (χ1n) is 7.76. The van der Waals surface area contributed by atoms with Gasteiger partial charge in [0.2, 0.25) is 0 Å². The van der Waals surface area contributed by atoms with Gasteiger partial charge in [-0.2, -0.15) is 5.10 Å². The van der Waals surface area contributed by atoms with Gasteiger partial charge in [-0.1, -0.05) is 13.8 Å². The normalized spacial score (nSPS) is 11.2. The van der Waals surface area contributed by atoms with Crippen molar-refractivity contribution in [3.63, 3.8) is 0 Å².